The number of rotatable bonds is 6. The number of nitrogens with zero attached hydrogens (tertiary/aromatic N) is 1. The SMILES string of the molecule is CC(=O)N(C[Si](C)(C)OC(=O)C(F)(F)F)C[Si](C)(C)OC(=O)C(F)(F)F. The van der Waals surface area contributed by atoms with Crippen LogP contribution in [-0.4, -0.2) is 64.1 Å². The van der Waals surface area contributed by atoms with Crippen molar-refractivity contribution in [3.05, 3.63) is 0 Å². The summed E-state index contributed by atoms with van der Waals surface area (Å²) in [5.41, 5.74) is 0. The van der Waals surface area contributed by atoms with Gasteiger partial charge in [0.1, 0.15) is 0 Å². The summed E-state index contributed by atoms with van der Waals surface area (Å²) in [6, 6.07) is 0. The van der Waals surface area contributed by atoms with Gasteiger partial charge in [-0.1, -0.05) is 0 Å². The predicted octanol–water partition coefficient (Wildman–Crippen LogP) is 2.53. The Morgan fingerprint density at radius 3 is 1.23 bits per heavy atom. The first-order chi connectivity index (χ1) is 11.3. The Morgan fingerprint density at radius 1 is 0.769 bits per heavy atom. The van der Waals surface area contributed by atoms with Gasteiger partial charge in [-0.2, -0.15) is 26.3 Å². The summed E-state index contributed by atoms with van der Waals surface area (Å²) in [5, 5.41) is 0. The molecule has 0 aliphatic heterocycles. The molecule has 0 aromatic rings. The highest BCUT2D eigenvalue weighted by Gasteiger charge is 2.47. The van der Waals surface area contributed by atoms with E-state index >= 15 is 0 Å². The van der Waals surface area contributed by atoms with Gasteiger partial charge in [-0.3, -0.25) is 4.79 Å². The Morgan fingerprint density at radius 2 is 1.04 bits per heavy atom. The molecule has 0 heterocycles. The Labute approximate surface area is 147 Å². The molecule has 1 amide bonds. The molecule has 0 saturated heterocycles. The predicted molar refractivity (Wildman–Crippen MR) is 81.5 cm³/mol. The fourth-order valence-electron chi connectivity index (χ4n) is 1.88. The molecular formula is C12H19F6NO5Si2. The Balaban J connectivity index is 5.17. The van der Waals surface area contributed by atoms with Crippen LogP contribution in [0.1, 0.15) is 6.92 Å². The molecule has 0 atom stereocenters. The van der Waals surface area contributed by atoms with Gasteiger partial charge in [-0.05, 0) is 26.2 Å². The lowest BCUT2D eigenvalue weighted by Gasteiger charge is -2.34. The molecule has 0 spiro atoms. The average Bonchev–Trinajstić information content (AvgIpc) is 2.33. The van der Waals surface area contributed by atoms with E-state index in [2.05, 4.69) is 8.85 Å². The Kier molecular flexibility index (Phi) is 7.49. The highest BCUT2D eigenvalue weighted by Crippen LogP contribution is 2.22. The van der Waals surface area contributed by atoms with Crippen molar-refractivity contribution in [2.45, 2.75) is 45.5 Å². The number of hydrogen-bond acceptors (Lipinski definition) is 5. The van der Waals surface area contributed by atoms with Crippen molar-refractivity contribution in [2.24, 2.45) is 0 Å². The third-order valence-corrected chi connectivity index (χ3v) is 6.55. The average molecular weight is 427 g/mol. The van der Waals surface area contributed by atoms with Gasteiger partial charge in [0.15, 0.2) is 0 Å². The van der Waals surface area contributed by atoms with Crippen LogP contribution in [0.5, 0.6) is 0 Å². The Bertz CT molecular complexity index is 519. The summed E-state index contributed by atoms with van der Waals surface area (Å²) in [5.74, 6) is -5.48. The first kappa shape index (κ1) is 24.4. The van der Waals surface area contributed by atoms with Crippen molar-refractivity contribution in [3.8, 4) is 0 Å². The van der Waals surface area contributed by atoms with Crippen molar-refractivity contribution in [1.82, 2.24) is 4.90 Å². The normalized spacial score (nSPS) is 13.2. The first-order valence-electron chi connectivity index (χ1n) is 7.13. The number of alkyl halides is 6. The second kappa shape index (κ2) is 7.98. The minimum absolute atomic E-state index is 0.399. The summed E-state index contributed by atoms with van der Waals surface area (Å²) in [6.07, 6.45) is -11.2. The summed E-state index contributed by atoms with van der Waals surface area (Å²) in [4.78, 5) is 34.6. The molecule has 0 rings (SSSR count). The second-order valence-corrected chi connectivity index (χ2v) is 14.7. The highest BCUT2D eigenvalue weighted by atomic mass is 28.4. The maximum atomic E-state index is 12.3. The summed E-state index contributed by atoms with van der Waals surface area (Å²) < 4.78 is 82.8. The first-order valence-corrected chi connectivity index (χ1v) is 13.4. The molecule has 0 radical (unpaired) electrons. The van der Waals surface area contributed by atoms with Gasteiger partial charge in [0, 0.05) is 19.3 Å². The van der Waals surface area contributed by atoms with Crippen LogP contribution in [0.15, 0.2) is 0 Å². The zero-order valence-corrected chi connectivity index (χ0v) is 16.7. The molecule has 0 unspecified atom stereocenters. The van der Waals surface area contributed by atoms with E-state index in [0.717, 1.165) is 11.8 Å². The zero-order chi connectivity index (χ0) is 21.1. The number of carbonyl (C=O) groups is 3. The largest absolute Gasteiger partial charge is 0.511 e. The van der Waals surface area contributed by atoms with Crippen LogP contribution in [0.4, 0.5) is 26.3 Å². The monoisotopic (exact) mass is 427 g/mol. The van der Waals surface area contributed by atoms with E-state index in [-0.39, 0.29) is 0 Å². The topological polar surface area (TPSA) is 72.9 Å². The summed E-state index contributed by atoms with van der Waals surface area (Å²) in [6.45, 7) is 6.00. The molecule has 152 valence electrons. The van der Waals surface area contributed by atoms with Gasteiger partial charge in [-0.15, -0.1) is 0 Å². The lowest BCUT2D eigenvalue weighted by Crippen LogP contribution is -2.55. The van der Waals surface area contributed by atoms with E-state index in [1.54, 1.807) is 0 Å². The van der Waals surface area contributed by atoms with E-state index in [0.29, 0.717) is 0 Å². The van der Waals surface area contributed by atoms with Gasteiger partial charge >= 0.3 is 24.3 Å². The van der Waals surface area contributed by atoms with Crippen molar-refractivity contribution >= 4 is 34.5 Å². The number of halogens is 6. The molecule has 26 heavy (non-hydrogen) atoms. The van der Waals surface area contributed by atoms with Gasteiger partial charge in [-0.25, -0.2) is 9.59 Å². The minimum Gasteiger partial charge on any atom is -0.511 e. The maximum Gasteiger partial charge on any atom is 0.489 e. The molecule has 0 aromatic carbocycles. The standard InChI is InChI=1S/C12H19F6NO5Si2/c1-8(20)19(6-25(2,3)23-9(21)11(13,14)15)7-26(4,5)24-10(22)12(16,17)18/h6-7H2,1-5H3. The Hall–Kier alpha value is -1.58. The molecule has 0 fully saturated rings. The van der Waals surface area contributed by atoms with Crippen LogP contribution in [-0.2, 0) is 23.2 Å². The van der Waals surface area contributed by atoms with Crippen molar-refractivity contribution in [1.29, 1.82) is 0 Å². The number of carbonyl (C=O) groups excluding carboxylic acids is 3. The second-order valence-electron chi connectivity index (χ2n) is 6.67. The molecule has 0 aliphatic rings. The van der Waals surface area contributed by atoms with Crippen LogP contribution in [0.3, 0.4) is 0 Å². The van der Waals surface area contributed by atoms with Gasteiger partial charge in [0.25, 0.3) is 16.6 Å². The quantitative estimate of drug-likeness (QED) is 0.481. The summed E-state index contributed by atoms with van der Waals surface area (Å²) >= 11 is 0. The maximum absolute atomic E-state index is 12.3. The fraction of sp³-hybridized carbons (Fsp3) is 0.750. The smallest absolute Gasteiger partial charge is 0.489 e. The lowest BCUT2D eigenvalue weighted by atomic mass is 10.6. The van der Waals surface area contributed by atoms with Crippen molar-refractivity contribution < 1.29 is 49.6 Å². The van der Waals surface area contributed by atoms with Crippen LogP contribution in [0.2, 0.25) is 26.2 Å². The number of hydrogen-bond donors (Lipinski definition) is 0. The molecule has 0 aliphatic carbocycles. The van der Waals surface area contributed by atoms with Crippen molar-refractivity contribution in [3.63, 3.8) is 0 Å². The molecule has 0 aromatic heterocycles. The third kappa shape index (κ3) is 8.69. The van der Waals surface area contributed by atoms with Gasteiger partial charge in [0.05, 0.1) is 0 Å². The molecule has 0 bridgehead atoms. The van der Waals surface area contributed by atoms with E-state index in [9.17, 15) is 40.7 Å². The minimum atomic E-state index is -5.21. The molecule has 6 nitrogen and oxygen atoms in total. The van der Waals surface area contributed by atoms with E-state index in [1.165, 1.54) is 26.2 Å². The molecular weight excluding hydrogens is 408 g/mol. The molecule has 0 N–H and O–H groups in total. The summed E-state index contributed by atoms with van der Waals surface area (Å²) in [7, 11) is -6.77. The van der Waals surface area contributed by atoms with Gasteiger partial charge in [0.2, 0.25) is 5.91 Å². The molecule has 0 saturated carbocycles. The van der Waals surface area contributed by atoms with Gasteiger partial charge < -0.3 is 13.8 Å². The lowest BCUT2D eigenvalue weighted by molar-refractivity contribution is -0.191. The molecule has 14 heteroatoms. The van der Waals surface area contributed by atoms with Crippen LogP contribution >= 0.6 is 0 Å². The third-order valence-electron chi connectivity index (χ3n) is 2.79. The van der Waals surface area contributed by atoms with Crippen LogP contribution in [0.25, 0.3) is 0 Å². The van der Waals surface area contributed by atoms with E-state index < -0.39 is 59.2 Å². The zero-order valence-electron chi connectivity index (χ0n) is 14.7. The van der Waals surface area contributed by atoms with Crippen molar-refractivity contribution in [2.75, 3.05) is 12.3 Å². The fourth-order valence-corrected chi connectivity index (χ4v) is 5.98. The van der Waals surface area contributed by atoms with E-state index in [4.69, 9.17) is 0 Å². The highest BCUT2D eigenvalue weighted by molar-refractivity contribution is 6.74. The number of amides is 1. The van der Waals surface area contributed by atoms with Crippen LogP contribution < -0.4 is 0 Å². The van der Waals surface area contributed by atoms with Crippen LogP contribution in [0, 0.1) is 0 Å². The van der Waals surface area contributed by atoms with E-state index in [1.807, 2.05) is 0 Å².